The molecule has 0 aromatic heterocycles. The Balaban J connectivity index is 1.57. The van der Waals surface area contributed by atoms with E-state index in [9.17, 15) is 9.59 Å². The minimum atomic E-state index is -0.197. The zero-order valence-electron chi connectivity index (χ0n) is 17.9. The molecule has 31 heavy (non-hydrogen) atoms. The summed E-state index contributed by atoms with van der Waals surface area (Å²) in [7, 11) is 0. The van der Waals surface area contributed by atoms with Gasteiger partial charge >= 0.3 is 0 Å². The number of nitrogens with one attached hydrogen (secondary N) is 1. The van der Waals surface area contributed by atoms with Crippen molar-refractivity contribution < 1.29 is 14.3 Å². The summed E-state index contributed by atoms with van der Waals surface area (Å²) in [5.41, 5.74) is 4.84. The first-order chi connectivity index (χ1) is 15.1. The van der Waals surface area contributed by atoms with Crippen LogP contribution in [0.3, 0.4) is 0 Å². The second-order valence-corrected chi connectivity index (χ2v) is 7.66. The highest BCUT2D eigenvalue weighted by molar-refractivity contribution is 6.08. The van der Waals surface area contributed by atoms with Gasteiger partial charge in [-0.1, -0.05) is 29.8 Å². The van der Waals surface area contributed by atoms with Crippen LogP contribution in [0, 0.1) is 6.92 Å². The summed E-state index contributed by atoms with van der Waals surface area (Å²) in [5, 5.41) is 2.94. The molecule has 0 unspecified atom stereocenters. The molecule has 158 valence electrons. The Morgan fingerprint density at radius 2 is 1.84 bits per heavy atom. The number of hydrogen-bond donors (Lipinski definition) is 1. The van der Waals surface area contributed by atoms with Crippen molar-refractivity contribution in [3.8, 4) is 5.75 Å². The Hall–Kier alpha value is -3.60. The predicted octanol–water partition coefficient (Wildman–Crippen LogP) is 5.24. The molecule has 0 fully saturated rings. The highest BCUT2D eigenvalue weighted by Gasteiger charge is 2.24. The number of carbonyl (C=O) groups excluding carboxylic acids is 2. The molecule has 0 bridgehead atoms. The minimum Gasteiger partial charge on any atom is -0.492 e. The Morgan fingerprint density at radius 3 is 2.65 bits per heavy atom. The molecule has 1 aliphatic rings. The SMILES string of the molecule is CCOc1ccccc1NC(=O)c1ccc2c(c1)CCCN2C(=O)c1cccc(C)c1. The number of benzene rings is 3. The van der Waals surface area contributed by atoms with Crippen LogP contribution in [-0.2, 0) is 6.42 Å². The van der Waals surface area contributed by atoms with Gasteiger partial charge in [0.05, 0.1) is 12.3 Å². The van der Waals surface area contributed by atoms with E-state index < -0.39 is 0 Å². The van der Waals surface area contributed by atoms with E-state index >= 15 is 0 Å². The van der Waals surface area contributed by atoms with E-state index in [1.165, 1.54) is 0 Å². The van der Waals surface area contributed by atoms with Crippen LogP contribution in [0.2, 0.25) is 0 Å². The van der Waals surface area contributed by atoms with Crippen molar-refractivity contribution in [1.29, 1.82) is 0 Å². The second-order valence-electron chi connectivity index (χ2n) is 7.66. The zero-order valence-corrected chi connectivity index (χ0v) is 17.9. The number of aryl methyl sites for hydroxylation is 2. The number of rotatable bonds is 5. The number of ether oxygens (including phenoxy) is 1. The van der Waals surface area contributed by atoms with Gasteiger partial charge < -0.3 is 15.0 Å². The molecule has 0 spiro atoms. The lowest BCUT2D eigenvalue weighted by atomic mass is 9.98. The lowest BCUT2D eigenvalue weighted by Gasteiger charge is -2.30. The molecular weight excluding hydrogens is 388 g/mol. The topological polar surface area (TPSA) is 58.6 Å². The van der Waals surface area contributed by atoms with E-state index in [1.807, 2.05) is 79.4 Å². The van der Waals surface area contributed by atoms with Crippen LogP contribution in [0.25, 0.3) is 0 Å². The number of nitrogens with zero attached hydrogens (tertiary/aromatic N) is 1. The van der Waals surface area contributed by atoms with Crippen LogP contribution in [0.5, 0.6) is 5.75 Å². The fourth-order valence-corrected chi connectivity index (χ4v) is 3.93. The number of fused-ring (bicyclic) bond motifs is 1. The van der Waals surface area contributed by atoms with E-state index in [0.29, 0.717) is 35.7 Å². The number of anilines is 2. The first-order valence-electron chi connectivity index (χ1n) is 10.6. The summed E-state index contributed by atoms with van der Waals surface area (Å²) in [6.45, 7) is 5.09. The normalized spacial score (nSPS) is 12.8. The average Bonchev–Trinajstić information content (AvgIpc) is 2.79. The van der Waals surface area contributed by atoms with Crippen molar-refractivity contribution in [2.24, 2.45) is 0 Å². The van der Waals surface area contributed by atoms with Gasteiger partial charge in [-0.3, -0.25) is 9.59 Å². The number of para-hydroxylation sites is 2. The zero-order chi connectivity index (χ0) is 21.8. The van der Waals surface area contributed by atoms with Gasteiger partial charge in [0.1, 0.15) is 5.75 Å². The maximum absolute atomic E-state index is 13.1. The van der Waals surface area contributed by atoms with Crippen molar-refractivity contribution in [3.05, 3.63) is 89.0 Å². The minimum absolute atomic E-state index is 0.00695. The molecule has 0 atom stereocenters. The fraction of sp³-hybridized carbons (Fsp3) is 0.231. The molecule has 3 aromatic rings. The van der Waals surface area contributed by atoms with Gasteiger partial charge in [0.2, 0.25) is 0 Å². The molecule has 5 heteroatoms. The molecule has 0 saturated carbocycles. The van der Waals surface area contributed by atoms with Gasteiger partial charge in [-0.2, -0.15) is 0 Å². The summed E-state index contributed by atoms with van der Waals surface area (Å²) in [4.78, 5) is 27.8. The number of carbonyl (C=O) groups is 2. The van der Waals surface area contributed by atoms with E-state index in [-0.39, 0.29) is 11.8 Å². The quantitative estimate of drug-likeness (QED) is 0.621. The summed E-state index contributed by atoms with van der Waals surface area (Å²) in [6, 6.07) is 20.6. The van der Waals surface area contributed by atoms with Crippen molar-refractivity contribution in [3.63, 3.8) is 0 Å². The van der Waals surface area contributed by atoms with Gasteiger partial charge in [0, 0.05) is 23.4 Å². The molecule has 1 heterocycles. The molecule has 4 rings (SSSR count). The molecule has 2 amide bonds. The maximum Gasteiger partial charge on any atom is 0.258 e. The molecule has 1 aliphatic heterocycles. The smallest absolute Gasteiger partial charge is 0.258 e. The highest BCUT2D eigenvalue weighted by atomic mass is 16.5. The lowest BCUT2D eigenvalue weighted by molar-refractivity contribution is 0.0984. The second kappa shape index (κ2) is 9.04. The van der Waals surface area contributed by atoms with Crippen LogP contribution in [0.4, 0.5) is 11.4 Å². The fourth-order valence-electron chi connectivity index (χ4n) is 3.93. The monoisotopic (exact) mass is 414 g/mol. The Morgan fingerprint density at radius 1 is 1.00 bits per heavy atom. The van der Waals surface area contributed by atoms with Crippen LogP contribution in [0.1, 0.15) is 45.2 Å². The van der Waals surface area contributed by atoms with E-state index in [1.54, 1.807) is 6.07 Å². The first-order valence-corrected chi connectivity index (χ1v) is 10.6. The predicted molar refractivity (Wildman–Crippen MR) is 123 cm³/mol. The van der Waals surface area contributed by atoms with Gasteiger partial charge in [0.25, 0.3) is 11.8 Å². The van der Waals surface area contributed by atoms with Gasteiger partial charge in [0.15, 0.2) is 0 Å². The van der Waals surface area contributed by atoms with Crippen LogP contribution < -0.4 is 15.0 Å². The maximum atomic E-state index is 13.1. The summed E-state index contributed by atoms with van der Waals surface area (Å²) >= 11 is 0. The molecule has 5 nitrogen and oxygen atoms in total. The third kappa shape index (κ3) is 4.45. The van der Waals surface area contributed by atoms with Crippen molar-refractivity contribution in [2.45, 2.75) is 26.7 Å². The van der Waals surface area contributed by atoms with Crippen LogP contribution in [-0.4, -0.2) is 25.0 Å². The van der Waals surface area contributed by atoms with Gasteiger partial charge in [-0.15, -0.1) is 0 Å². The van der Waals surface area contributed by atoms with Crippen LogP contribution in [0.15, 0.2) is 66.7 Å². The Bertz CT molecular complexity index is 1120. The summed E-state index contributed by atoms with van der Waals surface area (Å²) in [6.07, 6.45) is 1.70. The van der Waals surface area contributed by atoms with Crippen molar-refractivity contribution >= 4 is 23.2 Å². The van der Waals surface area contributed by atoms with Crippen molar-refractivity contribution in [1.82, 2.24) is 0 Å². The van der Waals surface area contributed by atoms with E-state index in [2.05, 4.69) is 5.32 Å². The third-order valence-electron chi connectivity index (χ3n) is 5.41. The molecule has 1 N–H and O–H groups in total. The van der Waals surface area contributed by atoms with Crippen molar-refractivity contribution in [2.75, 3.05) is 23.4 Å². The first kappa shape index (κ1) is 20.7. The standard InChI is InChI=1S/C26H26N2O3/c1-3-31-24-12-5-4-11-22(24)27-25(29)20-13-14-23-19(17-20)10-7-15-28(23)26(30)21-9-6-8-18(2)16-21/h4-6,8-9,11-14,16-17H,3,7,10,15H2,1-2H3,(H,27,29). The van der Waals surface area contributed by atoms with Crippen LogP contribution >= 0.6 is 0 Å². The lowest BCUT2D eigenvalue weighted by Crippen LogP contribution is -2.35. The van der Waals surface area contributed by atoms with Gasteiger partial charge in [-0.25, -0.2) is 0 Å². The summed E-state index contributed by atoms with van der Waals surface area (Å²) in [5.74, 6) is 0.441. The van der Waals surface area contributed by atoms with Gasteiger partial charge in [-0.05, 0) is 74.7 Å². The Kier molecular flexibility index (Phi) is 6.03. The molecular formula is C26H26N2O3. The molecule has 3 aromatic carbocycles. The van der Waals surface area contributed by atoms with E-state index in [4.69, 9.17) is 4.74 Å². The number of hydrogen-bond acceptors (Lipinski definition) is 3. The third-order valence-corrected chi connectivity index (χ3v) is 5.41. The molecule has 0 saturated heterocycles. The number of amides is 2. The highest BCUT2D eigenvalue weighted by Crippen LogP contribution is 2.30. The Labute approximate surface area is 182 Å². The largest absolute Gasteiger partial charge is 0.492 e. The molecule has 0 radical (unpaired) electrons. The van der Waals surface area contributed by atoms with E-state index in [0.717, 1.165) is 29.7 Å². The average molecular weight is 415 g/mol. The molecule has 0 aliphatic carbocycles. The summed E-state index contributed by atoms with van der Waals surface area (Å²) < 4.78 is 5.60.